The lowest BCUT2D eigenvalue weighted by Crippen LogP contribution is -2.50. The van der Waals surface area contributed by atoms with Crippen LogP contribution in [0.1, 0.15) is 13.8 Å². The predicted octanol–water partition coefficient (Wildman–Crippen LogP) is 0.769. The van der Waals surface area contributed by atoms with Crippen LogP contribution in [-0.4, -0.2) is 36.5 Å². The van der Waals surface area contributed by atoms with E-state index in [1.54, 1.807) is 18.2 Å². The Kier molecular flexibility index (Phi) is 3.63. The minimum atomic E-state index is -1.03. The Hall–Kier alpha value is -1.46. The topological polar surface area (TPSA) is 76.7 Å². The first-order chi connectivity index (χ1) is 8.48. The van der Waals surface area contributed by atoms with Gasteiger partial charge in [0, 0.05) is 24.3 Å². The van der Waals surface area contributed by atoms with Crippen LogP contribution in [0.2, 0.25) is 0 Å². The van der Waals surface area contributed by atoms with Gasteiger partial charge in [-0.25, -0.2) is 0 Å². The summed E-state index contributed by atoms with van der Waals surface area (Å²) < 4.78 is 11.2. The molecule has 0 fully saturated rings. The lowest BCUT2D eigenvalue weighted by molar-refractivity contribution is -0.0277. The maximum atomic E-state index is 10.4. The quantitative estimate of drug-likeness (QED) is 0.693. The fourth-order valence-electron chi connectivity index (χ4n) is 1.72. The van der Waals surface area contributed by atoms with Gasteiger partial charge in [0.2, 0.25) is 0 Å². The number of anilines is 1. The van der Waals surface area contributed by atoms with Gasteiger partial charge in [0.15, 0.2) is 11.5 Å². The van der Waals surface area contributed by atoms with Gasteiger partial charge >= 0.3 is 0 Å². The third-order valence-electron chi connectivity index (χ3n) is 2.80. The Morgan fingerprint density at radius 1 is 1.33 bits per heavy atom. The zero-order valence-electron chi connectivity index (χ0n) is 10.8. The standard InChI is InChI=1S/C13H20N2O3/c1-9(2)15-6-13(16)7-17-11-4-3-10(14)5-12(11)18-8-13/h3-5,9,15-16H,6-8,14H2,1-2H3. The lowest BCUT2D eigenvalue weighted by Gasteiger charge is -2.26. The van der Waals surface area contributed by atoms with Crippen molar-refractivity contribution in [2.45, 2.75) is 25.5 Å². The molecular formula is C13H20N2O3. The second-order valence-corrected chi connectivity index (χ2v) is 5.04. The van der Waals surface area contributed by atoms with E-state index in [1.807, 2.05) is 13.8 Å². The van der Waals surface area contributed by atoms with Gasteiger partial charge in [0.1, 0.15) is 18.8 Å². The fourth-order valence-corrected chi connectivity index (χ4v) is 1.72. The summed E-state index contributed by atoms with van der Waals surface area (Å²) in [6.45, 7) is 4.86. The molecule has 0 aliphatic carbocycles. The molecule has 100 valence electrons. The highest BCUT2D eigenvalue weighted by atomic mass is 16.6. The number of ether oxygens (including phenoxy) is 2. The molecule has 1 aliphatic heterocycles. The Labute approximate surface area is 107 Å². The monoisotopic (exact) mass is 252 g/mol. The van der Waals surface area contributed by atoms with E-state index < -0.39 is 5.60 Å². The molecular weight excluding hydrogens is 232 g/mol. The molecule has 0 aromatic heterocycles. The molecule has 0 radical (unpaired) electrons. The van der Waals surface area contributed by atoms with E-state index in [4.69, 9.17) is 15.2 Å². The summed E-state index contributed by atoms with van der Waals surface area (Å²) in [6, 6.07) is 5.51. The molecule has 0 saturated carbocycles. The van der Waals surface area contributed by atoms with Crippen LogP contribution in [0.3, 0.4) is 0 Å². The van der Waals surface area contributed by atoms with Crippen molar-refractivity contribution in [2.24, 2.45) is 0 Å². The first-order valence-electron chi connectivity index (χ1n) is 6.09. The van der Waals surface area contributed by atoms with Gasteiger partial charge in [-0.1, -0.05) is 13.8 Å². The van der Waals surface area contributed by atoms with Crippen molar-refractivity contribution in [3.05, 3.63) is 18.2 Å². The SMILES string of the molecule is CC(C)NCC1(O)COc2ccc(N)cc2OC1. The largest absolute Gasteiger partial charge is 0.486 e. The third-order valence-corrected chi connectivity index (χ3v) is 2.80. The van der Waals surface area contributed by atoms with Crippen LogP contribution in [-0.2, 0) is 0 Å². The fraction of sp³-hybridized carbons (Fsp3) is 0.538. The minimum absolute atomic E-state index is 0.184. The Morgan fingerprint density at radius 2 is 2.00 bits per heavy atom. The zero-order chi connectivity index (χ0) is 13.2. The number of hydrogen-bond donors (Lipinski definition) is 3. The van der Waals surface area contributed by atoms with Crippen LogP contribution < -0.4 is 20.5 Å². The average Bonchev–Trinajstić information content (AvgIpc) is 2.48. The smallest absolute Gasteiger partial charge is 0.163 e. The van der Waals surface area contributed by atoms with Crippen LogP contribution in [0, 0.1) is 0 Å². The van der Waals surface area contributed by atoms with Gasteiger partial charge in [0.05, 0.1) is 0 Å². The number of nitrogens with two attached hydrogens (primary N) is 1. The summed E-state index contributed by atoms with van der Waals surface area (Å²) in [6.07, 6.45) is 0. The molecule has 1 aliphatic rings. The molecule has 1 unspecified atom stereocenters. The molecule has 1 aromatic carbocycles. The zero-order valence-corrected chi connectivity index (χ0v) is 10.8. The van der Waals surface area contributed by atoms with Gasteiger partial charge in [-0.3, -0.25) is 0 Å². The van der Waals surface area contributed by atoms with Crippen molar-refractivity contribution in [1.82, 2.24) is 5.32 Å². The predicted molar refractivity (Wildman–Crippen MR) is 69.9 cm³/mol. The van der Waals surface area contributed by atoms with E-state index in [9.17, 15) is 5.11 Å². The molecule has 2 rings (SSSR count). The summed E-state index contributed by atoms with van der Waals surface area (Å²) in [7, 11) is 0. The number of nitrogen functional groups attached to an aromatic ring is 1. The highest BCUT2D eigenvalue weighted by Crippen LogP contribution is 2.32. The highest BCUT2D eigenvalue weighted by Gasteiger charge is 2.32. The third kappa shape index (κ3) is 3.05. The summed E-state index contributed by atoms with van der Waals surface area (Å²) >= 11 is 0. The normalized spacial score (nSPS) is 22.9. The van der Waals surface area contributed by atoms with E-state index in [0.717, 1.165) is 0 Å². The molecule has 5 nitrogen and oxygen atoms in total. The molecule has 4 N–H and O–H groups in total. The number of hydrogen-bond acceptors (Lipinski definition) is 5. The molecule has 0 spiro atoms. The van der Waals surface area contributed by atoms with Crippen molar-refractivity contribution in [3.8, 4) is 11.5 Å². The second kappa shape index (κ2) is 5.04. The van der Waals surface area contributed by atoms with E-state index in [1.165, 1.54) is 0 Å². The maximum absolute atomic E-state index is 10.4. The molecule has 1 heterocycles. The Balaban J connectivity index is 2.06. The molecule has 1 atom stereocenters. The van der Waals surface area contributed by atoms with E-state index in [2.05, 4.69) is 5.32 Å². The Morgan fingerprint density at radius 3 is 2.67 bits per heavy atom. The first kappa shape index (κ1) is 13.0. The molecule has 1 aromatic rings. The maximum Gasteiger partial charge on any atom is 0.163 e. The van der Waals surface area contributed by atoms with E-state index in [0.29, 0.717) is 29.8 Å². The van der Waals surface area contributed by atoms with Crippen LogP contribution in [0.5, 0.6) is 11.5 Å². The number of rotatable bonds is 3. The van der Waals surface area contributed by atoms with Gasteiger partial charge in [0.25, 0.3) is 0 Å². The molecule has 0 bridgehead atoms. The van der Waals surface area contributed by atoms with Crippen LogP contribution in [0.4, 0.5) is 5.69 Å². The number of benzene rings is 1. The number of fused-ring (bicyclic) bond motifs is 1. The number of nitrogens with one attached hydrogen (secondary N) is 1. The van der Waals surface area contributed by atoms with Crippen LogP contribution >= 0.6 is 0 Å². The van der Waals surface area contributed by atoms with Gasteiger partial charge in [-0.15, -0.1) is 0 Å². The highest BCUT2D eigenvalue weighted by molar-refractivity contribution is 5.52. The lowest BCUT2D eigenvalue weighted by atomic mass is 10.1. The van der Waals surface area contributed by atoms with Crippen molar-refractivity contribution < 1.29 is 14.6 Å². The van der Waals surface area contributed by atoms with E-state index in [-0.39, 0.29) is 13.2 Å². The molecule has 0 saturated heterocycles. The average molecular weight is 252 g/mol. The molecule has 18 heavy (non-hydrogen) atoms. The number of aliphatic hydroxyl groups is 1. The van der Waals surface area contributed by atoms with Crippen molar-refractivity contribution in [3.63, 3.8) is 0 Å². The first-order valence-corrected chi connectivity index (χ1v) is 6.09. The van der Waals surface area contributed by atoms with Crippen molar-refractivity contribution in [2.75, 3.05) is 25.5 Å². The summed E-state index contributed by atoms with van der Waals surface area (Å²) in [5, 5.41) is 13.6. The minimum Gasteiger partial charge on any atom is -0.486 e. The van der Waals surface area contributed by atoms with Gasteiger partial charge in [-0.2, -0.15) is 0 Å². The summed E-state index contributed by atoms with van der Waals surface area (Å²) in [5.74, 6) is 1.19. The van der Waals surface area contributed by atoms with Crippen LogP contribution in [0.15, 0.2) is 18.2 Å². The van der Waals surface area contributed by atoms with Gasteiger partial charge in [-0.05, 0) is 12.1 Å². The van der Waals surface area contributed by atoms with Gasteiger partial charge < -0.3 is 25.6 Å². The second-order valence-electron chi connectivity index (χ2n) is 5.04. The Bertz CT molecular complexity index is 423. The van der Waals surface area contributed by atoms with Crippen LogP contribution in [0.25, 0.3) is 0 Å². The summed E-state index contributed by atoms with van der Waals surface area (Å²) in [5.41, 5.74) is 5.27. The molecule has 0 amide bonds. The summed E-state index contributed by atoms with van der Waals surface area (Å²) in [4.78, 5) is 0. The molecule has 5 heteroatoms. The van der Waals surface area contributed by atoms with Crippen molar-refractivity contribution in [1.29, 1.82) is 0 Å². The van der Waals surface area contributed by atoms with E-state index >= 15 is 0 Å². The van der Waals surface area contributed by atoms with Crippen molar-refractivity contribution >= 4 is 5.69 Å².